The van der Waals surface area contributed by atoms with Crippen LogP contribution < -0.4 is 20.5 Å². The minimum atomic E-state index is -0.432. The average molecular weight is 419 g/mol. The molecule has 6 nitrogen and oxygen atoms in total. The maximum absolute atomic E-state index is 13.0. The molecule has 1 aliphatic heterocycles. The second-order valence-corrected chi connectivity index (χ2v) is 7.30. The number of benzene rings is 3. The number of hydrogen-bond acceptors (Lipinski definition) is 4. The smallest absolute Gasteiger partial charge is 0.243 e. The zero-order valence-corrected chi connectivity index (χ0v) is 16.8. The van der Waals surface area contributed by atoms with E-state index in [9.17, 15) is 14.0 Å². The van der Waals surface area contributed by atoms with Gasteiger partial charge in [0.05, 0.1) is 11.6 Å². The molecule has 3 aromatic rings. The number of amides is 2. The van der Waals surface area contributed by atoms with Crippen LogP contribution in [0.2, 0.25) is 0 Å². The van der Waals surface area contributed by atoms with E-state index in [2.05, 4.69) is 10.9 Å². The first-order valence-corrected chi connectivity index (χ1v) is 9.97. The molecule has 0 aliphatic carbocycles. The van der Waals surface area contributed by atoms with Gasteiger partial charge in [0.15, 0.2) is 0 Å². The first kappa shape index (κ1) is 20.4. The van der Waals surface area contributed by atoms with Crippen molar-refractivity contribution in [3.63, 3.8) is 0 Å². The van der Waals surface area contributed by atoms with Crippen molar-refractivity contribution >= 4 is 23.2 Å². The monoisotopic (exact) mass is 419 g/mol. The van der Waals surface area contributed by atoms with Crippen molar-refractivity contribution in [1.82, 2.24) is 5.43 Å². The lowest BCUT2D eigenvalue weighted by Crippen LogP contribution is -2.36. The highest BCUT2D eigenvalue weighted by atomic mass is 19.1. The zero-order chi connectivity index (χ0) is 21.6. The zero-order valence-electron chi connectivity index (χ0n) is 16.8. The van der Waals surface area contributed by atoms with Gasteiger partial charge in [-0.1, -0.05) is 36.4 Å². The minimum absolute atomic E-state index is 0.0671. The topological polar surface area (TPSA) is 70.7 Å². The van der Waals surface area contributed by atoms with E-state index in [0.29, 0.717) is 24.6 Å². The van der Waals surface area contributed by atoms with Crippen molar-refractivity contribution < 1.29 is 18.7 Å². The molecule has 1 fully saturated rings. The molecule has 2 N–H and O–H groups in total. The van der Waals surface area contributed by atoms with Crippen LogP contribution in [-0.2, 0) is 16.2 Å². The van der Waals surface area contributed by atoms with Crippen molar-refractivity contribution in [2.45, 2.75) is 13.0 Å². The third-order valence-corrected chi connectivity index (χ3v) is 5.05. The summed E-state index contributed by atoms with van der Waals surface area (Å²) in [5.41, 5.74) is 7.84. The summed E-state index contributed by atoms with van der Waals surface area (Å²) in [6, 6.07) is 22.6. The normalized spacial score (nSPS) is 15.6. The summed E-state index contributed by atoms with van der Waals surface area (Å²) in [6.07, 6.45) is 0.170. The van der Waals surface area contributed by atoms with E-state index in [0.717, 1.165) is 11.3 Å². The molecule has 31 heavy (non-hydrogen) atoms. The predicted molar refractivity (Wildman–Crippen MR) is 116 cm³/mol. The van der Waals surface area contributed by atoms with Crippen molar-refractivity contribution in [1.29, 1.82) is 0 Å². The first-order chi connectivity index (χ1) is 15.1. The van der Waals surface area contributed by atoms with Crippen molar-refractivity contribution in [2.75, 3.05) is 16.9 Å². The molecule has 1 aliphatic rings. The van der Waals surface area contributed by atoms with Crippen LogP contribution in [0.3, 0.4) is 0 Å². The van der Waals surface area contributed by atoms with E-state index in [-0.39, 0.29) is 24.1 Å². The molecule has 0 aromatic heterocycles. The summed E-state index contributed by atoms with van der Waals surface area (Å²) in [6.45, 7) is 0.646. The molecule has 1 atom stereocenters. The Morgan fingerprint density at radius 2 is 1.81 bits per heavy atom. The Balaban J connectivity index is 1.30. The van der Waals surface area contributed by atoms with Gasteiger partial charge >= 0.3 is 0 Å². The molecule has 4 rings (SSSR count). The molecule has 2 amide bonds. The molecule has 0 saturated carbocycles. The first-order valence-electron chi connectivity index (χ1n) is 9.97. The molecule has 0 unspecified atom stereocenters. The van der Waals surface area contributed by atoms with Gasteiger partial charge < -0.3 is 9.64 Å². The summed E-state index contributed by atoms with van der Waals surface area (Å²) < 4.78 is 18.7. The number of nitrogens with zero attached hydrogens (tertiary/aromatic N) is 1. The number of rotatable bonds is 7. The largest absolute Gasteiger partial charge is 0.489 e. The highest BCUT2D eigenvalue weighted by Gasteiger charge is 2.35. The van der Waals surface area contributed by atoms with Gasteiger partial charge in [-0.15, -0.1) is 0 Å². The Morgan fingerprint density at radius 3 is 2.58 bits per heavy atom. The molecule has 0 bridgehead atoms. The van der Waals surface area contributed by atoms with Gasteiger partial charge in [0.25, 0.3) is 0 Å². The van der Waals surface area contributed by atoms with Crippen LogP contribution >= 0.6 is 0 Å². The number of anilines is 2. The lowest BCUT2D eigenvalue weighted by atomic mass is 10.1. The standard InChI is InChI=1S/C24H22FN3O3/c25-19-11-9-17(10-12-19)16-31-22-8-4-5-20(14-22)26-27-24(30)18-13-23(29)28(15-18)21-6-2-1-3-7-21/h1-12,14,18,26H,13,15-16H2,(H,27,30)/t18-/m0/s1. The fourth-order valence-corrected chi connectivity index (χ4v) is 3.39. The van der Waals surface area contributed by atoms with Gasteiger partial charge in [-0.05, 0) is 42.0 Å². The Kier molecular flexibility index (Phi) is 6.12. The third kappa shape index (κ3) is 5.19. The number of carbonyl (C=O) groups excluding carboxylic acids is 2. The van der Waals surface area contributed by atoms with E-state index in [1.165, 1.54) is 12.1 Å². The summed E-state index contributed by atoms with van der Waals surface area (Å²) >= 11 is 0. The molecular weight excluding hydrogens is 397 g/mol. The van der Waals surface area contributed by atoms with Crippen LogP contribution in [0.15, 0.2) is 78.9 Å². The van der Waals surface area contributed by atoms with E-state index in [1.807, 2.05) is 30.3 Å². The van der Waals surface area contributed by atoms with Crippen LogP contribution in [0, 0.1) is 11.7 Å². The van der Waals surface area contributed by atoms with Crippen molar-refractivity contribution in [3.8, 4) is 5.75 Å². The van der Waals surface area contributed by atoms with Crippen molar-refractivity contribution in [2.24, 2.45) is 5.92 Å². The molecular formula is C24H22FN3O3. The van der Waals surface area contributed by atoms with Crippen molar-refractivity contribution in [3.05, 3.63) is 90.2 Å². The summed E-state index contributed by atoms with van der Waals surface area (Å²) in [5, 5.41) is 0. The maximum Gasteiger partial charge on any atom is 0.243 e. The van der Waals surface area contributed by atoms with Gasteiger partial charge in [0.1, 0.15) is 18.2 Å². The number of carbonyl (C=O) groups is 2. The number of para-hydroxylation sites is 1. The molecule has 1 heterocycles. The second-order valence-electron chi connectivity index (χ2n) is 7.30. The summed E-state index contributed by atoms with van der Waals surface area (Å²) in [4.78, 5) is 26.5. The van der Waals surface area contributed by atoms with Crippen LogP contribution in [0.5, 0.6) is 5.75 Å². The lowest BCUT2D eigenvalue weighted by molar-refractivity contribution is -0.125. The number of nitrogens with one attached hydrogen (secondary N) is 2. The van der Waals surface area contributed by atoms with Gasteiger partial charge in [-0.25, -0.2) is 4.39 Å². The van der Waals surface area contributed by atoms with Crippen LogP contribution in [0.25, 0.3) is 0 Å². The number of halogens is 1. The Hall–Kier alpha value is -3.87. The predicted octanol–water partition coefficient (Wildman–Crippen LogP) is 3.90. The maximum atomic E-state index is 13.0. The summed E-state index contributed by atoms with van der Waals surface area (Å²) in [7, 11) is 0. The van der Waals surface area contributed by atoms with Gasteiger partial charge in [-0.3, -0.25) is 20.4 Å². The second kappa shape index (κ2) is 9.30. The molecule has 0 radical (unpaired) electrons. The van der Waals surface area contributed by atoms with Crippen LogP contribution in [0.1, 0.15) is 12.0 Å². The third-order valence-electron chi connectivity index (χ3n) is 5.05. The van der Waals surface area contributed by atoms with E-state index < -0.39 is 5.92 Å². The minimum Gasteiger partial charge on any atom is -0.489 e. The van der Waals surface area contributed by atoms with Gasteiger partial charge in [0.2, 0.25) is 11.8 Å². The van der Waals surface area contributed by atoms with Gasteiger partial charge in [0, 0.05) is 24.7 Å². The molecule has 158 valence electrons. The number of hydrazine groups is 1. The number of ether oxygens (including phenoxy) is 1. The Morgan fingerprint density at radius 1 is 1.03 bits per heavy atom. The lowest BCUT2D eigenvalue weighted by Gasteiger charge is -2.17. The SMILES string of the molecule is O=C(NNc1cccc(OCc2ccc(F)cc2)c1)[C@H]1CC(=O)N(c2ccccc2)C1. The molecule has 1 saturated heterocycles. The van der Waals surface area contributed by atoms with Gasteiger partial charge in [-0.2, -0.15) is 0 Å². The highest BCUT2D eigenvalue weighted by molar-refractivity contribution is 6.00. The highest BCUT2D eigenvalue weighted by Crippen LogP contribution is 2.25. The van der Waals surface area contributed by atoms with E-state index >= 15 is 0 Å². The Labute approximate surface area is 179 Å². The Bertz CT molecular complexity index is 1060. The summed E-state index contributed by atoms with van der Waals surface area (Å²) in [5.74, 6) is -0.429. The number of hydrogen-bond donors (Lipinski definition) is 2. The fraction of sp³-hybridized carbons (Fsp3) is 0.167. The molecule has 3 aromatic carbocycles. The van der Waals surface area contributed by atoms with E-state index in [4.69, 9.17) is 4.74 Å². The molecule has 7 heteroatoms. The van der Waals surface area contributed by atoms with Crippen LogP contribution in [-0.4, -0.2) is 18.4 Å². The average Bonchev–Trinajstić information content (AvgIpc) is 3.20. The molecule has 0 spiro atoms. The van der Waals surface area contributed by atoms with Crippen LogP contribution in [0.4, 0.5) is 15.8 Å². The van der Waals surface area contributed by atoms with E-state index in [1.54, 1.807) is 41.3 Å². The fourth-order valence-electron chi connectivity index (χ4n) is 3.39. The quantitative estimate of drug-likeness (QED) is 0.570.